The fourth-order valence-corrected chi connectivity index (χ4v) is 4.04. The normalized spacial score (nSPS) is 11.1. The third kappa shape index (κ3) is 5.66. The molecule has 0 aliphatic heterocycles. The van der Waals surface area contributed by atoms with Crippen molar-refractivity contribution in [3.05, 3.63) is 101 Å². The van der Waals surface area contributed by atoms with E-state index in [-0.39, 0.29) is 5.91 Å². The minimum atomic E-state index is -0.179. The van der Waals surface area contributed by atoms with Gasteiger partial charge in [0.2, 0.25) is 5.91 Å². The molecule has 1 amide bonds. The number of amides is 1. The Labute approximate surface area is 196 Å². The van der Waals surface area contributed by atoms with Gasteiger partial charge in [0.15, 0.2) is 11.0 Å². The fourth-order valence-electron chi connectivity index (χ4n) is 3.04. The van der Waals surface area contributed by atoms with Crippen molar-refractivity contribution in [1.82, 2.24) is 14.8 Å². The molecule has 0 saturated heterocycles. The Morgan fingerprint density at radius 1 is 1.00 bits per heavy atom. The average Bonchev–Trinajstić information content (AvgIpc) is 3.19. The minimum absolute atomic E-state index is 0.179. The summed E-state index contributed by atoms with van der Waals surface area (Å²) in [5.74, 6) is 1.37. The number of rotatable bonds is 7. The van der Waals surface area contributed by atoms with Crippen LogP contribution < -0.4 is 5.32 Å². The molecule has 4 rings (SSSR count). The predicted octanol–water partition coefficient (Wildman–Crippen LogP) is 6.08. The van der Waals surface area contributed by atoms with Gasteiger partial charge < -0.3 is 9.88 Å². The highest BCUT2D eigenvalue weighted by Crippen LogP contribution is 2.26. The van der Waals surface area contributed by atoms with Gasteiger partial charge in [-0.05, 0) is 53.6 Å². The van der Waals surface area contributed by atoms with Gasteiger partial charge in [0.25, 0.3) is 0 Å². The number of nitrogens with one attached hydrogen (secondary N) is 1. The molecule has 32 heavy (non-hydrogen) atoms. The van der Waals surface area contributed by atoms with Crippen molar-refractivity contribution in [2.75, 3.05) is 5.32 Å². The lowest BCUT2D eigenvalue weighted by atomic mass is 10.2. The van der Waals surface area contributed by atoms with Crippen molar-refractivity contribution < 1.29 is 4.79 Å². The Morgan fingerprint density at radius 3 is 2.44 bits per heavy atom. The van der Waals surface area contributed by atoms with E-state index in [1.165, 1.54) is 11.6 Å². The summed E-state index contributed by atoms with van der Waals surface area (Å²) in [4.78, 5) is 12.2. The summed E-state index contributed by atoms with van der Waals surface area (Å²) < 4.78 is 1.97. The van der Waals surface area contributed by atoms with Crippen LogP contribution >= 0.6 is 23.4 Å². The number of carbonyl (C=O) groups excluding carboxylic acids is 1. The van der Waals surface area contributed by atoms with E-state index in [0.29, 0.717) is 0 Å². The molecule has 4 aromatic rings. The molecule has 1 N–H and O–H groups in total. The van der Waals surface area contributed by atoms with Crippen LogP contribution in [0.1, 0.15) is 11.1 Å². The van der Waals surface area contributed by atoms with Crippen molar-refractivity contribution >= 4 is 41.0 Å². The maximum Gasteiger partial charge on any atom is 0.248 e. The molecule has 0 fully saturated rings. The second-order valence-electron chi connectivity index (χ2n) is 7.09. The molecule has 0 atom stereocenters. The van der Waals surface area contributed by atoms with E-state index < -0.39 is 0 Å². The molecule has 0 radical (unpaired) electrons. The van der Waals surface area contributed by atoms with Crippen LogP contribution in [0.3, 0.4) is 0 Å². The summed E-state index contributed by atoms with van der Waals surface area (Å²) in [6.07, 6.45) is 3.31. The Kier molecular flexibility index (Phi) is 7.04. The Balaban J connectivity index is 1.38. The molecular formula is C25H21ClN4OS. The van der Waals surface area contributed by atoms with Gasteiger partial charge in [-0.25, -0.2) is 0 Å². The SMILES string of the molecule is Cn1c(SCc2ccc(Cl)cc2)nnc1-c1ccc(NC(=O)/C=C\c2ccccc2)cc1. The zero-order chi connectivity index (χ0) is 22.3. The topological polar surface area (TPSA) is 59.8 Å². The highest BCUT2D eigenvalue weighted by Gasteiger charge is 2.11. The number of hydrogen-bond donors (Lipinski definition) is 1. The first-order chi connectivity index (χ1) is 15.6. The quantitative estimate of drug-likeness (QED) is 0.268. The van der Waals surface area contributed by atoms with Crippen molar-refractivity contribution in [1.29, 1.82) is 0 Å². The van der Waals surface area contributed by atoms with Gasteiger partial charge in [-0.1, -0.05) is 65.8 Å². The van der Waals surface area contributed by atoms with Crippen LogP contribution in [-0.4, -0.2) is 20.7 Å². The molecule has 0 bridgehead atoms. The van der Waals surface area contributed by atoms with Gasteiger partial charge in [0.1, 0.15) is 0 Å². The van der Waals surface area contributed by atoms with E-state index in [0.717, 1.165) is 38.6 Å². The van der Waals surface area contributed by atoms with Crippen LogP contribution in [0, 0.1) is 0 Å². The van der Waals surface area contributed by atoms with Crippen LogP contribution in [0.5, 0.6) is 0 Å². The third-order valence-electron chi connectivity index (χ3n) is 4.75. The molecule has 0 saturated carbocycles. The second-order valence-corrected chi connectivity index (χ2v) is 8.47. The Hall–Kier alpha value is -3.35. The van der Waals surface area contributed by atoms with Gasteiger partial charge in [-0.3, -0.25) is 4.79 Å². The number of carbonyl (C=O) groups is 1. The third-order valence-corrected chi connectivity index (χ3v) is 6.10. The molecule has 5 nitrogen and oxygen atoms in total. The number of halogens is 1. The van der Waals surface area contributed by atoms with Crippen LogP contribution in [0.4, 0.5) is 5.69 Å². The number of aromatic nitrogens is 3. The maximum atomic E-state index is 12.2. The molecule has 1 heterocycles. The van der Waals surface area contributed by atoms with Gasteiger partial charge in [-0.2, -0.15) is 0 Å². The maximum absolute atomic E-state index is 12.2. The molecular weight excluding hydrogens is 440 g/mol. The van der Waals surface area contributed by atoms with Crippen LogP contribution in [-0.2, 0) is 17.6 Å². The summed E-state index contributed by atoms with van der Waals surface area (Å²) in [6, 6.07) is 25.1. The van der Waals surface area contributed by atoms with E-state index in [9.17, 15) is 4.79 Å². The van der Waals surface area contributed by atoms with Crippen molar-refractivity contribution in [3.63, 3.8) is 0 Å². The molecule has 0 unspecified atom stereocenters. The first-order valence-electron chi connectivity index (χ1n) is 10.00. The van der Waals surface area contributed by atoms with Crippen LogP contribution in [0.25, 0.3) is 17.5 Å². The summed E-state index contributed by atoms with van der Waals surface area (Å²) in [5, 5.41) is 13.1. The van der Waals surface area contributed by atoms with E-state index in [1.807, 2.05) is 90.5 Å². The van der Waals surface area contributed by atoms with Crippen molar-refractivity contribution in [3.8, 4) is 11.4 Å². The summed E-state index contributed by atoms with van der Waals surface area (Å²) in [7, 11) is 1.95. The largest absolute Gasteiger partial charge is 0.323 e. The highest BCUT2D eigenvalue weighted by atomic mass is 35.5. The summed E-state index contributed by atoms with van der Waals surface area (Å²) >= 11 is 7.56. The van der Waals surface area contributed by atoms with Gasteiger partial charge in [0, 0.05) is 35.2 Å². The summed E-state index contributed by atoms with van der Waals surface area (Å²) in [5.41, 5.74) is 3.79. The minimum Gasteiger partial charge on any atom is -0.323 e. The Bertz CT molecular complexity index is 1220. The first-order valence-corrected chi connectivity index (χ1v) is 11.4. The smallest absolute Gasteiger partial charge is 0.248 e. The molecule has 0 aliphatic carbocycles. The van der Waals surface area contributed by atoms with E-state index in [2.05, 4.69) is 15.5 Å². The fraction of sp³-hybridized carbons (Fsp3) is 0.0800. The van der Waals surface area contributed by atoms with Gasteiger partial charge in [-0.15, -0.1) is 10.2 Å². The molecule has 1 aromatic heterocycles. The van der Waals surface area contributed by atoms with Crippen molar-refractivity contribution in [2.24, 2.45) is 7.05 Å². The lowest BCUT2D eigenvalue weighted by Gasteiger charge is -2.06. The monoisotopic (exact) mass is 460 g/mol. The van der Waals surface area contributed by atoms with E-state index in [1.54, 1.807) is 17.8 Å². The second kappa shape index (κ2) is 10.3. The van der Waals surface area contributed by atoms with E-state index >= 15 is 0 Å². The predicted molar refractivity (Wildman–Crippen MR) is 132 cm³/mol. The van der Waals surface area contributed by atoms with Crippen molar-refractivity contribution in [2.45, 2.75) is 10.9 Å². The number of benzene rings is 3. The van der Waals surface area contributed by atoms with E-state index in [4.69, 9.17) is 11.6 Å². The number of hydrogen-bond acceptors (Lipinski definition) is 4. The summed E-state index contributed by atoms with van der Waals surface area (Å²) in [6.45, 7) is 0. The standard InChI is InChI=1S/C25H21ClN4OS/c1-30-24(28-29-25(30)32-17-19-7-12-21(26)13-8-19)20-10-14-22(15-11-20)27-23(31)16-9-18-5-3-2-4-6-18/h2-16H,17H2,1H3,(H,27,31)/b16-9-. The molecule has 0 spiro atoms. The number of nitrogens with zero attached hydrogens (tertiary/aromatic N) is 3. The van der Waals surface area contributed by atoms with Gasteiger partial charge in [0.05, 0.1) is 0 Å². The first kappa shape index (κ1) is 21.9. The number of anilines is 1. The zero-order valence-corrected chi connectivity index (χ0v) is 19.0. The Morgan fingerprint density at radius 2 is 1.72 bits per heavy atom. The average molecular weight is 461 g/mol. The molecule has 7 heteroatoms. The molecule has 160 valence electrons. The lowest BCUT2D eigenvalue weighted by molar-refractivity contribution is -0.111. The lowest BCUT2D eigenvalue weighted by Crippen LogP contribution is -2.07. The zero-order valence-electron chi connectivity index (χ0n) is 17.4. The molecule has 0 aliphatic rings. The van der Waals surface area contributed by atoms with Crippen LogP contribution in [0.2, 0.25) is 5.02 Å². The van der Waals surface area contributed by atoms with Crippen LogP contribution in [0.15, 0.2) is 90.1 Å². The number of thioether (sulfide) groups is 1. The highest BCUT2D eigenvalue weighted by molar-refractivity contribution is 7.98. The molecule has 3 aromatic carbocycles. The van der Waals surface area contributed by atoms with Gasteiger partial charge >= 0.3 is 0 Å².